The Morgan fingerprint density at radius 3 is 2.71 bits per heavy atom. The van der Waals surface area contributed by atoms with Gasteiger partial charge in [0.05, 0.1) is 13.2 Å². The van der Waals surface area contributed by atoms with Gasteiger partial charge in [-0.2, -0.15) is 0 Å². The Kier molecular flexibility index (Phi) is 10.4. The summed E-state index contributed by atoms with van der Waals surface area (Å²) in [7, 11) is 1.41. The van der Waals surface area contributed by atoms with Gasteiger partial charge in [0.2, 0.25) is 0 Å². The van der Waals surface area contributed by atoms with Crippen molar-refractivity contribution in [3.8, 4) is 0 Å². The molecular formula is C24H39NO3. The molecule has 28 heavy (non-hydrogen) atoms. The van der Waals surface area contributed by atoms with Gasteiger partial charge >= 0.3 is 6.09 Å². The highest BCUT2D eigenvalue weighted by molar-refractivity contribution is 5.66. The number of methoxy groups -OCH3 is 1. The molecule has 2 rings (SSSR count). The SMILES string of the molecule is CCCCCCCOC1CCc2cc(C(CCC)CNC(=O)OC)ccc2C1. The van der Waals surface area contributed by atoms with Crippen molar-refractivity contribution in [3.05, 3.63) is 34.9 Å². The summed E-state index contributed by atoms with van der Waals surface area (Å²) in [6, 6.07) is 6.88. The lowest BCUT2D eigenvalue weighted by molar-refractivity contribution is 0.0417. The molecule has 1 N–H and O–H groups in total. The lowest BCUT2D eigenvalue weighted by Crippen LogP contribution is -2.28. The fraction of sp³-hybridized carbons (Fsp3) is 0.708. The highest BCUT2D eigenvalue weighted by Gasteiger charge is 2.21. The summed E-state index contributed by atoms with van der Waals surface area (Å²) in [5.74, 6) is 0.339. The van der Waals surface area contributed by atoms with Crippen LogP contribution in [0.1, 0.15) is 87.8 Å². The van der Waals surface area contributed by atoms with Crippen LogP contribution in [0.25, 0.3) is 0 Å². The normalized spacial score (nSPS) is 17.0. The molecule has 0 saturated heterocycles. The third-order valence-corrected chi connectivity index (χ3v) is 5.80. The second-order valence-corrected chi connectivity index (χ2v) is 8.04. The molecule has 1 amide bonds. The van der Waals surface area contributed by atoms with Gasteiger partial charge in [0.15, 0.2) is 0 Å². The van der Waals surface area contributed by atoms with E-state index in [2.05, 4.69) is 37.4 Å². The number of ether oxygens (including phenoxy) is 2. The zero-order chi connectivity index (χ0) is 20.2. The highest BCUT2D eigenvalue weighted by atomic mass is 16.5. The minimum Gasteiger partial charge on any atom is -0.453 e. The molecule has 0 fully saturated rings. The van der Waals surface area contributed by atoms with E-state index in [0.29, 0.717) is 18.6 Å². The van der Waals surface area contributed by atoms with E-state index >= 15 is 0 Å². The van der Waals surface area contributed by atoms with E-state index in [1.807, 2.05) is 0 Å². The van der Waals surface area contributed by atoms with Gasteiger partial charge in [-0.05, 0) is 48.8 Å². The van der Waals surface area contributed by atoms with E-state index < -0.39 is 0 Å². The van der Waals surface area contributed by atoms with E-state index in [4.69, 9.17) is 9.47 Å². The summed E-state index contributed by atoms with van der Waals surface area (Å²) >= 11 is 0. The standard InChI is InChI=1S/C24H39NO3/c1-4-6-7-8-9-15-28-23-14-13-19-16-20(11-12-21(19)17-23)22(10-5-2)18-25-24(26)27-3/h11-12,16,22-23H,4-10,13-15,17-18H2,1-3H3,(H,25,26). The highest BCUT2D eigenvalue weighted by Crippen LogP contribution is 2.29. The van der Waals surface area contributed by atoms with Gasteiger partial charge in [0.25, 0.3) is 0 Å². The Balaban J connectivity index is 1.86. The van der Waals surface area contributed by atoms with Crippen molar-refractivity contribution in [2.45, 2.75) is 90.1 Å². The number of fused-ring (bicyclic) bond motifs is 1. The lowest BCUT2D eigenvalue weighted by atomic mass is 9.85. The molecule has 1 aliphatic rings. The van der Waals surface area contributed by atoms with Crippen molar-refractivity contribution in [1.29, 1.82) is 0 Å². The molecule has 158 valence electrons. The second kappa shape index (κ2) is 12.8. The molecule has 0 bridgehead atoms. The summed E-state index contributed by atoms with van der Waals surface area (Å²) in [5.41, 5.74) is 4.22. The average molecular weight is 390 g/mol. The first-order valence-electron chi connectivity index (χ1n) is 11.2. The molecular weight excluding hydrogens is 350 g/mol. The molecule has 2 unspecified atom stereocenters. The number of nitrogens with one attached hydrogen (secondary N) is 1. The van der Waals surface area contributed by atoms with Crippen LogP contribution in [0, 0.1) is 0 Å². The molecule has 1 aliphatic carbocycles. The van der Waals surface area contributed by atoms with Crippen LogP contribution < -0.4 is 5.32 Å². The van der Waals surface area contributed by atoms with Crippen molar-refractivity contribution in [1.82, 2.24) is 5.32 Å². The van der Waals surface area contributed by atoms with Gasteiger partial charge in [-0.25, -0.2) is 4.79 Å². The summed E-state index contributed by atoms with van der Waals surface area (Å²) in [4.78, 5) is 11.4. The molecule has 1 aromatic rings. The van der Waals surface area contributed by atoms with E-state index in [9.17, 15) is 4.79 Å². The summed E-state index contributed by atoms with van der Waals surface area (Å²) in [5, 5.41) is 2.86. The van der Waals surface area contributed by atoms with Crippen LogP contribution in [0.2, 0.25) is 0 Å². The smallest absolute Gasteiger partial charge is 0.406 e. The van der Waals surface area contributed by atoms with Crippen molar-refractivity contribution in [2.24, 2.45) is 0 Å². The van der Waals surface area contributed by atoms with E-state index in [0.717, 1.165) is 38.7 Å². The van der Waals surface area contributed by atoms with Crippen LogP contribution in [0.3, 0.4) is 0 Å². The Morgan fingerprint density at radius 1 is 1.14 bits per heavy atom. The zero-order valence-corrected chi connectivity index (χ0v) is 18.1. The second-order valence-electron chi connectivity index (χ2n) is 8.04. The minimum absolute atomic E-state index is 0.339. The van der Waals surface area contributed by atoms with Crippen molar-refractivity contribution < 1.29 is 14.3 Å². The van der Waals surface area contributed by atoms with E-state index in [1.54, 1.807) is 0 Å². The predicted octanol–water partition coefficient (Wildman–Crippen LogP) is 5.77. The van der Waals surface area contributed by atoms with E-state index in [1.165, 1.54) is 55.9 Å². The monoisotopic (exact) mass is 389 g/mol. The minimum atomic E-state index is -0.353. The Bertz CT molecular complexity index is 587. The first kappa shape index (κ1) is 22.7. The predicted molar refractivity (Wildman–Crippen MR) is 115 cm³/mol. The molecule has 2 atom stereocenters. The van der Waals surface area contributed by atoms with Gasteiger partial charge in [-0.3, -0.25) is 0 Å². The number of benzene rings is 1. The molecule has 0 heterocycles. The van der Waals surface area contributed by atoms with Gasteiger partial charge in [-0.15, -0.1) is 0 Å². The lowest BCUT2D eigenvalue weighted by Gasteiger charge is -2.26. The number of unbranched alkanes of at least 4 members (excludes halogenated alkanes) is 4. The van der Waals surface area contributed by atoms with E-state index in [-0.39, 0.29) is 6.09 Å². The number of hydrogen-bond acceptors (Lipinski definition) is 3. The molecule has 0 aromatic heterocycles. The number of aryl methyl sites for hydroxylation is 1. The third-order valence-electron chi connectivity index (χ3n) is 5.80. The molecule has 0 spiro atoms. The van der Waals surface area contributed by atoms with Crippen molar-refractivity contribution in [3.63, 3.8) is 0 Å². The summed E-state index contributed by atoms with van der Waals surface area (Å²) < 4.78 is 10.9. The molecule has 4 nitrogen and oxygen atoms in total. The fourth-order valence-electron chi connectivity index (χ4n) is 4.11. The first-order valence-corrected chi connectivity index (χ1v) is 11.2. The first-order chi connectivity index (χ1) is 13.7. The Morgan fingerprint density at radius 2 is 1.96 bits per heavy atom. The van der Waals surface area contributed by atoms with Crippen LogP contribution >= 0.6 is 0 Å². The molecule has 0 aliphatic heterocycles. The number of hydrogen-bond donors (Lipinski definition) is 1. The van der Waals surface area contributed by atoms with Gasteiger partial charge < -0.3 is 14.8 Å². The van der Waals surface area contributed by atoms with Crippen molar-refractivity contribution >= 4 is 6.09 Å². The number of alkyl carbamates (subject to hydrolysis) is 1. The molecule has 0 saturated carbocycles. The number of rotatable bonds is 12. The number of amides is 1. The van der Waals surface area contributed by atoms with Crippen molar-refractivity contribution in [2.75, 3.05) is 20.3 Å². The maximum absolute atomic E-state index is 11.4. The largest absolute Gasteiger partial charge is 0.453 e. The summed E-state index contributed by atoms with van der Waals surface area (Å²) in [6.07, 6.45) is 11.9. The van der Waals surface area contributed by atoms with Crippen LogP contribution in [-0.4, -0.2) is 32.5 Å². The average Bonchev–Trinajstić information content (AvgIpc) is 2.72. The fourth-order valence-corrected chi connectivity index (χ4v) is 4.11. The zero-order valence-electron chi connectivity index (χ0n) is 18.1. The van der Waals surface area contributed by atoms with Gasteiger partial charge in [0, 0.05) is 19.1 Å². The summed E-state index contributed by atoms with van der Waals surface area (Å²) in [6.45, 7) is 5.97. The molecule has 0 radical (unpaired) electrons. The maximum Gasteiger partial charge on any atom is 0.406 e. The Labute approximate surface area is 171 Å². The quantitative estimate of drug-likeness (QED) is 0.462. The van der Waals surface area contributed by atoms with Crippen LogP contribution in [0.4, 0.5) is 4.79 Å². The van der Waals surface area contributed by atoms with Crippen LogP contribution in [0.5, 0.6) is 0 Å². The third kappa shape index (κ3) is 7.46. The van der Waals surface area contributed by atoms with Crippen LogP contribution in [0.15, 0.2) is 18.2 Å². The number of carbonyl (C=O) groups is 1. The molecule has 1 aromatic carbocycles. The maximum atomic E-state index is 11.4. The van der Waals surface area contributed by atoms with Gasteiger partial charge in [-0.1, -0.05) is 64.2 Å². The van der Waals surface area contributed by atoms with Crippen LogP contribution in [-0.2, 0) is 22.3 Å². The van der Waals surface area contributed by atoms with Gasteiger partial charge in [0.1, 0.15) is 0 Å². The molecule has 4 heteroatoms. The number of carbonyl (C=O) groups excluding carboxylic acids is 1. The topological polar surface area (TPSA) is 47.6 Å². The Hall–Kier alpha value is -1.55.